The maximum absolute atomic E-state index is 8.98. The van der Waals surface area contributed by atoms with Crippen molar-refractivity contribution in [1.29, 1.82) is 5.26 Å². The fraction of sp³-hybridized carbons (Fsp3) is 0.462. The molecule has 17 heavy (non-hydrogen) atoms. The average molecular weight is 253 g/mol. The molecule has 1 unspecified atom stereocenters. The van der Waals surface area contributed by atoms with Gasteiger partial charge in [-0.1, -0.05) is 25.4 Å². The van der Waals surface area contributed by atoms with E-state index in [1.54, 1.807) is 13.2 Å². The lowest BCUT2D eigenvalue weighted by molar-refractivity contribution is 0.415. The molecular weight excluding hydrogens is 236 g/mol. The zero-order valence-electron chi connectivity index (χ0n) is 10.3. The smallest absolute Gasteiger partial charge is 0.120 e. The molecular formula is C13H17ClN2O. The van der Waals surface area contributed by atoms with E-state index in [0.29, 0.717) is 17.5 Å². The maximum Gasteiger partial charge on any atom is 0.120 e. The summed E-state index contributed by atoms with van der Waals surface area (Å²) in [4.78, 5) is 0. The van der Waals surface area contributed by atoms with E-state index in [4.69, 9.17) is 21.6 Å². The number of benzene rings is 1. The van der Waals surface area contributed by atoms with Crippen LogP contribution in [0, 0.1) is 23.2 Å². The molecule has 0 saturated heterocycles. The monoisotopic (exact) mass is 252 g/mol. The molecule has 1 aromatic rings. The van der Waals surface area contributed by atoms with Crippen LogP contribution in [0.4, 0.5) is 5.69 Å². The minimum absolute atomic E-state index is 0.0202. The summed E-state index contributed by atoms with van der Waals surface area (Å²) in [6.45, 7) is 4.66. The molecule has 0 bridgehead atoms. The second-order valence-corrected chi connectivity index (χ2v) is 4.61. The molecule has 4 heteroatoms. The highest BCUT2D eigenvalue weighted by atomic mass is 35.5. The quantitative estimate of drug-likeness (QED) is 0.872. The molecule has 0 aliphatic rings. The van der Waals surface area contributed by atoms with Gasteiger partial charge in [-0.2, -0.15) is 5.26 Å². The van der Waals surface area contributed by atoms with Crippen LogP contribution in [-0.2, 0) is 0 Å². The number of rotatable bonds is 5. The van der Waals surface area contributed by atoms with Gasteiger partial charge in [0.05, 0.1) is 29.8 Å². The zero-order valence-corrected chi connectivity index (χ0v) is 11.1. The van der Waals surface area contributed by atoms with Crippen molar-refractivity contribution in [2.24, 2.45) is 11.8 Å². The number of nitriles is 1. The molecule has 0 spiro atoms. The van der Waals surface area contributed by atoms with Gasteiger partial charge >= 0.3 is 0 Å². The molecule has 0 heterocycles. The van der Waals surface area contributed by atoms with Crippen molar-refractivity contribution in [2.75, 3.05) is 19.0 Å². The summed E-state index contributed by atoms with van der Waals surface area (Å²) in [5.41, 5.74) is 0.827. The van der Waals surface area contributed by atoms with Crippen LogP contribution in [-0.4, -0.2) is 13.7 Å². The van der Waals surface area contributed by atoms with Crippen LogP contribution in [0.5, 0.6) is 5.75 Å². The van der Waals surface area contributed by atoms with E-state index < -0.39 is 0 Å². The molecule has 3 nitrogen and oxygen atoms in total. The lowest BCUT2D eigenvalue weighted by Crippen LogP contribution is -2.17. The maximum atomic E-state index is 8.98. The first-order valence-corrected chi connectivity index (χ1v) is 5.93. The van der Waals surface area contributed by atoms with E-state index in [2.05, 4.69) is 11.4 Å². The summed E-state index contributed by atoms with van der Waals surface area (Å²) in [5, 5.41) is 12.8. The molecule has 0 aromatic heterocycles. The fourth-order valence-electron chi connectivity index (χ4n) is 1.42. The van der Waals surface area contributed by atoms with E-state index in [0.717, 1.165) is 11.4 Å². The van der Waals surface area contributed by atoms with Crippen LogP contribution in [0.3, 0.4) is 0 Å². The van der Waals surface area contributed by atoms with Gasteiger partial charge in [-0.15, -0.1) is 0 Å². The Morgan fingerprint density at radius 1 is 1.47 bits per heavy atom. The van der Waals surface area contributed by atoms with Gasteiger partial charge in [0.2, 0.25) is 0 Å². The number of methoxy groups -OCH3 is 1. The van der Waals surface area contributed by atoms with Crippen LogP contribution < -0.4 is 10.1 Å². The van der Waals surface area contributed by atoms with Gasteiger partial charge in [0.15, 0.2) is 0 Å². The third-order valence-electron chi connectivity index (χ3n) is 2.66. The molecule has 0 amide bonds. The van der Waals surface area contributed by atoms with Crippen LogP contribution in [0.15, 0.2) is 18.2 Å². The normalized spacial score (nSPS) is 12.0. The van der Waals surface area contributed by atoms with E-state index in [-0.39, 0.29) is 5.92 Å². The van der Waals surface area contributed by atoms with Crippen LogP contribution >= 0.6 is 11.6 Å². The molecule has 0 saturated carbocycles. The van der Waals surface area contributed by atoms with Gasteiger partial charge in [-0.25, -0.2) is 0 Å². The Bertz CT molecular complexity index is 412. The van der Waals surface area contributed by atoms with Crippen molar-refractivity contribution >= 4 is 17.3 Å². The standard InChI is InChI=1S/C13H17ClN2O/c1-9(2)10(7-15)8-16-13-5-4-11(17-3)6-12(13)14/h4-6,9-10,16H,8H2,1-3H3. The number of nitrogens with one attached hydrogen (secondary N) is 1. The van der Waals surface area contributed by atoms with E-state index in [1.165, 1.54) is 0 Å². The summed E-state index contributed by atoms with van der Waals surface area (Å²) >= 11 is 6.09. The Morgan fingerprint density at radius 3 is 2.65 bits per heavy atom. The van der Waals surface area contributed by atoms with Gasteiger partial charge in [-0.05, 0) is 18.1 Å². The molecule has 0 radical (unpaired) electrons. The largest absolute Gasteiger partial charge is 0.497 e. The molecule has 1 atom stereocenters. The van der Waals surface area contributed by atoms with E-state index in [9.17, 15) is 0 Å². The van der Waals surface area contributed by atoms with Gasteiger partial charge in [0.1, 0.15) is 5.75 Å². The Hall–Kier alpha value is -1.40. The second kappa shape index (κ2) is 6.36. The van der Waals surface area contributed by atoms with Gasteiger partial charge < -0.3 is 10.1 Å². The minimum atomic E-state index is -0.0202. The first-order valence-electron chi connectivity index (χ1n) is 5.55. The summed E-state index contributed by atoms with van der Waals surface area (Å²) in [7, 11) is 1.60. The summed E-state index contributed by atoms with van der Waals surface area (Å²) in [6, 6.07) is 7.73. The predicted molar refractivity (Wildman–Crippen MR) is 70.4 cm³/mol. The summed E-state index contributed by atoms with van der Waals surface area (Å²) in [6.07, 6.45) is 0. The number of nitrogens with zero attached hydrogens (tertiary/aromatic N) is 1. The first kappa shape index (κ1) is 13.7. The van der Waals surface area contributed by atoms with Crippen molar-refractivity contribution in [3.63, 3.8) is 0 Å². The fourth-order valence-corrected chi connectivity index (χ4v) is 1.65. The Balaban J connectivity index is 2.67. The average Bonchev–Trinajstić information content (AvgIpc) is 2.31. The third-order valence-corrected chi connectivity index (χ3v) is 2.97. The van der Waals surface area contributed by atoms with Crippen molar-refractivity contribution in [2.45, 2.75) is 13.8 Å². The van der Waals surface area contributed by atoms with Gasteiger partial charge in [0.25, 0.3) is 0 Å². The molecule has 0 fully saturated rings. The highest BCUT2D eigenvalue weighted by molar-refractivity contribution is 6.33. The summed E-state index contributed by atoms with van der Waals surface area (Å²) < 4.78 is 5.07. The molecule has 92 valence electrons. The van der Waals surface area contributed by atoms with Crippen molar-refractivity contribution in [1.82, 2.24) is 0 Å². The van der Waals surface area contributed by atoms with E-state index in [1.807, 2.05) is 26.0 Å². The molecule has 0 aliphatic carbocycles. The minimum Gasteiger partial charge on any atom is -0.497 e. The summed E-state index contributed by atoms with van der Waals surface area (Å²) in [5.74, 6) is 1.03. The molecule has 1 N–H and O–H groups in total. The number of ether oxygens (including phenoxy) is 1. The van der Waals surface area contributed by atoms with Crippen LogP contribution in [0.1, 0.15) is 13.8 Å². The van der Waals surface area contributed by atoms with Crippen molar-refractivity contribution in [3.05, 3.63) is 23.2 Å². The van der Waals surface area contributed by atoms with Crippen molar-refractivity contribution < 1.29 is 4.74 Å². The van der Waals surface area contributed by atoms with Crippen LogP contribution in [0.2, 0.25) is 5.02 Å². The lowest BCUT2D eigenvalue weighted by atomic mass is 9.97. The van der Waals surface area contributed by atoms with Gasteiger partial charge in [0, 0.05) is 12.6 Å². The Morgan fingerprint density at radius 2 is 2.18 bits per heavy atom. The lowest BCUT2D eigenvalue weighted by Gasteiger charge is -2.15. The number of hydrogen-bond donors (Lipinski definition) is 1. The van der Waals surface area contributed by atoms with Crippen molar-refractivity contribution in [3.8, 4) is 11.8 Å². The second-order valence-electron chi connectivity index (χ2n) is 4.21. The Labute approximate surface area is 107 Å². The van der Waals surface area contributed by atoms with Gasteiger partial charge in [-0.3, -0.25) is 0 Å². The topological polar surface area (TPSA) is 45.0 Å². The SMILES string of the molecule is COc1ccc(NCC(C#N)C(C)C)c(Cl)c1. The number of hydrogen-bond acceptors (Lipinski definition) is 3. The molecule has 0 aliphatic heterocycles. The molecule has 1 aromatic carbocycles. The number of halogens is 1. The third kappa shape index (κ3) is 3.83. The Kier molecular flexibility index (Phi) is 5.11. The molecule has 1 rings (SSSR count). The predicted octanol–water partition coefficient (Wildman–Crippen LogP) is 3.56. The first-order chi connectivity index (χ1) is 8.08. The number of anilines is 1. The van der Waals surface area contributed by atoms with Crippen LogP contribution in [0.25, 0.3) is 0 Å². The zero-order chi connectivity index (χ0) is 12.8. The highest BCUT2D eigenvalue weighted by Crippen LogP contribution is 2.27. The van der Waals surface area contributed by atoms with E-state index >= 15 is 0 Å². The highest BCUT2D eigenvalue weighted by Gasteiger charge is 2.12.